The monoisotopic (exact) mass is 322 g/mol. The molecule has 2 N–H and O–H groups in total. The van der Waals surface area contributed by atoms with Gasteiger partial charge in [0.1, 0.15) is 5.82 Å². The number of para-hydroxylation sites is 1. The van der Waals surface area contributed by atoms with Crippen LogP contribution in [0.4, 0.5) is 15.8 Å². The third kappa shape index (κ3) is 3.14. The summed E-state index contributed by atoms with van der Waals surface area (Å²) in [7, 11) is 1.86. The van der Waals surface area contributed by atoms with Gasteiger partial charge in [-0.05, 0) is 42.8 Å². The van der Waals surface area contributed by atoms with Crippen LogP contribution in [0, 0.1) is 5.82 Å². The molecule has 4 heteroatoms. The fourth-order valence-corrected chi connectivity index (χ4v) is 2.42. The fourth-order valence-electron chi connectivity index (χ4n) is 2.07. The standard InChI is InChI=1S/C15H16BrFN2/c1-19(14-5-3-2-4-13(14)17)15-10-12(16)7-6-11(15)8-9-18/h2-7,10H,8-9,18H2,1H3. The molecular weight excluding hydrogens is 307 g/mol. The minimum absolute atomic E-state index is 0.233. The van der Waals surface area contributed by atoms with Crippen LogP contribution in [0.3, 0.4) is 0 Å². The molecule has 0 aliphatic heterocycles. The van der Waals surface area contributed by atoms with Crippen molar-refractivity contribution in [3.8, 4) is 0 Å². The predicted octanol–water partition coefficient (Wildman–Crippen LogP) is 3.86. The molecule has 0 atom stereocenters. The van der Waals surface area contributed by atoms with Crippen LogP contribution in [0.1, 0.15) is 5.56 Å². The molecule has 0 bridgehead atoms. The lowest BCUT2D eigenvalue weighted by atomic mass is 10.1. The number of nitrogens with two attached hydrogens (primary N) is 1. The molecule has 0 unspecified atom stereocenters. The summed E-state index contributed by atoms with van der Waals surface area (Å²) in [4.78, 5) is 1.85. The Kier molecular flexibility index (Phi) is 4.56. The van der Waals surface area contributed by atoms with Gasteiger partial charge in [-0.3, -0.25) is 0 Å². The number of hydrogen-bond donors (Lipinski definition) is 1. The van der Waals surface area contributed by atoms with E-state index in [1.54, 1.807) is 12.1 Å². The van der Waals surface area contributed by atoms with E-state index in [0.29, 0.717) is 12.2 Å². The number of nitrogens with zero attached hydrogens (tertiary/aromatic N) is 1. The lowest BCUT2D eigenvalue weighted by Gasteiger charge is -2.23. The molecule has 0 radical (unpaired) electrons. The topological polar surface area (TPSA) is 29.3 Å². The summed E-state index contributed by atoms with van der Waals surface area (Å²) in [6.45, 7) is 0.569. The molecular formula is C15H16BrFN2. The maximum absolute atomic E-state index is 13.9. The Bertz CT molecular complexity index is 572. The van der Waals surface area contributed by atoms with Gasteiger partial charge in [0.25, 0.3) is 0 Å². The minimum Gasteiger partial charge on any atom is -0.342 e. The van der Waals surface area contributed by atoms with Gasteiger partial charge in [0.05, 0.1) is 5.69 Å². The van der Waals surface area contributed by atoms with Gasteiger partial charge in [-0.15, -0.1) is 0 Å². The van der Waals surface area contributed by atoms with Gasteiger partial charge in [0.2, 0.25) is 0 Å². The number of benzene rings is 2. The summed E-state index contributed by atoms with van der Waals surface area (Å²) in [5.74, 6) is -0.233. The molecule has 0 spiro atoms. The third-order valence-electron chi connectivity index (χ3n) is 3.04. The van der Waals surface area contributed by atoms with Crippen LogP contribution >= 0.6 is 15.9 Å². The van der Waals surface area contributed by atoms with E-state index in [2.05, 4.69) is 15.9 Å². The first-order valence-electron chi connectivity index (χ1n) is 6.10. The van der Waals surface area contributed by atoms with E-state index < -0.39 is 0 Å². The maximum Gasteiger partial charge on any atom is 0.146 e. The number of halogens is 2. The number of anilines is 2. The largest absolute Gasteiger partial charge is 0.342 e. The first kappa shape index (κ1) is 14.0. The number of hydrogen-bond acceptors (Lipinski definition) is 2. The van der Waals surface area contributed by atoms with Crippen molar-refractivity contribution in [2.24, 2.45) is 5.73 Å². The SMILES string of the molecule is CN(c1ccccc1F)c1cc(Br)ccc1CCN. The van der Waals surface area contributed by atoms with Crippen LogP contribution in [-0.4, -0.2) is 13.6 Å². The zero-order valence-corrected chi connectivity index (χ0v) is 12.3. The van der Waals surface area contributed by atoms with E-state index in [-0.39, 0.29) is 5.82 Å². The van der Waals surface area contributed by atoms with Crippen LogP contribution in [0.15, 0.2) is 46.9 Å². The lowest BCUT2D eigenvalue weighted by molar-refractivity contribution is 0.627. The second kappa shape index (κ2) is 6.17. The van der Waals surface area contributed by atoms with Crippen LogP contribution in [0.25, 0.3) is 0 Å². The van der Waals surface area contributed by atoms with Gasteiger partial charge in [0, 0.05) is 17.2 Å². The van der Waals surface area contributed by atoms with Gasteiger partial charge >= 0.3 is 0 Å². The Morgan fingerprint density at radius 1 is 1.16 bits per heavy atom. The van der Waals surface area contributed by atoms with E-state index in [1.807, 2.05) is 36.2 Å². The molecule has 0 aliphatic carbocycles. The highest BCUT2D eigenvalue weighted by Gasteiger charge is 2.12. The summed E-state index contributed by atoms with van der Waals surface area (Å²) in [5.41, 5.74) is 8.26. The minimum atomic E-state index is -0.233. The predicted molar refractivity (Wildman–Crippen MR) is 81.4 cm³/mol. The van der Waals surface area contributed by atoms with Crippen molar-refractivity contribution in [1.29, 1.82) is 0 Å². The highest BCUT2D eigenvalue weighted by atomic mass is 79.9. The molecule has 0 amide bonds. The van der Waals surface area contributed by atoms with E-state index in [1.165, 1.54) is 6.07 Å². The smallest absolute Gasteiger partial charge is 0.146 e. The molecule has 0 aromatic heterocycles. The first-order valence-corrected chi connectivity index (χ1v) is 6.89. The molecule has 0 heterocycles. The highest BCUT2D eigenvalue weighted by molar-refractivity contribution is 9.10. The van der Waals surface area contributed by atoms with Crippen molar-refractivity contribution in [3.63, 3.8) is 0 Å². The Balaban J connectivity index is 2.45. The van der Waals surface area contributed by atoms with Crippen molar-refractivity contribution in [2.75, 3.05) is 18.5 Å². The molecule has 2 rings (SSSR count). The van der Waals surface area contributed by atoms with E-state index in [0.717, 1.165) is 22.1 Å². The Labute approximate surface area is 121 Å². The van der Waals surface area contributed by atoms with Crippen molar-refractivity contribution in [2.45, 2.75) is 6.42 Å². The van der Waals surface area contributed by atoms with Crippen molar-refractivity contribution >= 4 is 27.3 Å². The van der Waals surface area contributed by atoms with Gasteiger partial charge in [-0.1, -0.05) is 34.1 Å². The molecule has 0 aliphatic rings. The molecule has 2 aromatic carbocycles. The van der Waals surface area contributed by atoms with Crippen molar-refractivity contribution < 1.29 is 4.39 Å². The molecule has 0 saturated heterocycles. The third-order valence-corrected chi connectivity index (χ3v) is 3.53. The second-order valence-corrected chi connectivity index (χ2v) is 5.24. The normalized spacial score (nSPS) is 10.5. The summed E-state index contributed by atoms with van der Waals surface area (Å²) in [6.07, 6.45) is 0.765. The first-order chi connectivity index (χ1) is 9.13. The van der Waals surface area contributed by atoms with E-state index in [4.69, 9.17) is 5.73 Å². The Morgan fingerprint density at radius 2 is 1.89 bits per heavy atom. The maximum atomic E-state index is 13.9. The van der Waals surface area contributed by atoms with Gasteiger partial charge in [-0.25, -0.2) is 4.39 Å². The molecule has 100 valence electrons. The van der Waals surface area contributed by atoms with E-state index in [9.17, 15) is 4.39 Å². The lowest BCUT2D eigenvalue weighted by Crippen LogP contribution is -2.15. The van der Waals surface area contributed by atoms with Crippen molar-refractivity contribution in [1.82, 2.24) is 0 Å². The van der Waals surface area contributed by atoms with E-state index >= 15 is 0 Å². The Hall–Kier alpha value is -1.39. The zero-order valence-electron chi connectivity index (χ0n) is 10.7. The second-order valence-electron chi connectivity index (χ2n) is 4.32. The quantitative estimate of drug-likeness (QED) is 0.926. The molecule has 19 heavy (non-hydrogen) atoms. The zero-order chi connectivity index (χ0) is 13.8. The van der Waals surface area contributed by atoms with Crippen LogP contribution < -0.4 is 10.6 Å². The summed E-state index contributed by atoms with van der Waals surface area (Å²) in [5, 5.41) is 0. The number of rotatable bonds is 4. The summed E-state index contributed by atoms with van der Waals surface area (Å²) < 4.78 is 14.8. The molecule has 2 nitrogen and oxygen atoms in total. The Morgan fingerprint density at radius 3 is 2.58 bits per heavy atom. The fraction of sp³-hybridized carbons (Fsp3) is 0.200. The van der Waals surface area contributed by atoms with Crippen molar-refractivity contribution in [3.05, 3.63) is 58.3 Å². The van der Waals surface area contributed by atoms with Gasteiger partial charge in [0.15, 0.2) is 0 Å². The summed E-state index contributed by atoms with van der Waals surface area (Å²) in [6, 6.07) is 12.7. The van der Waals surface area contributed by atoms with Gasteiger partial charge < -0.3 is 10.6 Å². The van der Waals surface area contributed by atoms with Gasteiger partial charge in [-0.2, -0.15) is 0 Å². The van der Waals surface area contributed by atoms with Crippen LogP contribution in [-0.2, 0) is 6.42 Å². The molecule has 0 saturated carbocycles. The summed E-state index contributed by atoms with van der Waals surface area (Å²) >= 11 is 3.46. The van der Waals surface area contributed by atoms with Crippen LogP contribution in [0.5, 0.6) is 0 Å². The average molecular weight is 323 g/mol. The molecule has 2 aromatic rings. The molecule has 0 fully saturated rings. The average Bonchev–Trinajstić information content (AvgIpc) is 2.41. The highest BCUT2D eigenvalue weighted by Crippen LogP contribution is 2.31. The van der Waals surface area contributed by atoms with Crippen LogP contribution in [0.2, 0.25) is 0 Å².